The van der Waals surface area contributed by atoms with Gasteiger partial charge in [-0.3, -0.25) is 9.69 Å². The Bertz CT molecular complexity index is 669. The minimum Gasteiger partial charge on any atom is -0.379 e. The largest absolute Gasteiger partial charge is 0.379 e. The molecule has 128 valence electrons. The highest BCUT2D eigenvalue weighted by atomic mass is 32.1. The van der Waals surface area contributed by atoms with Gasteiger partial charge in [-0.15, -0.1) is 11.3 Å². The second-order valence-corrected chi connectivity index (χ2v) is 6.47. The Kier molecular flexibility index (Phi) is 5.90. The molecule has 0 atom stereocenters. The van der Waals surface area contributed by atoms with Gasteiger partial charge in [0.15, 0.2) is 0 Å². The van der Waals surface area contributed by atoms with Crippen molar-refractivity contribution in [2.24, 2.45) is 0 Å². The van der Waals surface area contributed by atoms with Gasteiger partial charge in [0.1, 0.15) is 16.5 Å². The van der Waals surface area contributed by atoms with Crippen LogP contribution in [0.3, 0.4) is 0 Å². The number of halogens is 1. The van der Waals surface area contributed by atoms with Crippen LogP contribution in [0.2, 0.25) is 0 Å². The third kappa shape index (κ3) is 4.59. The van der Waals surface area contributed by atoms with Gasteiger partial charge in [0.25, 0.3) is 5.91 Å². The number of hydrogen-bond acceptors (Lipinski definition) is 5. The number of carbonyl (C=O) groups excluding carboxylic acids is 1. The highest BCUT2D eigenvalue weighted by molar-refractivity contribution is 7.13. The van der Waals surface area contributed by atoms with E-state index in [2.05, 4.69) is 15.2 Å². The van der Waals surface area contributed by atoms with Crippen molar-refractivity contribution in [3.63, 3.8) is 0 Å². The van der Waals surface area contributed by atoms with E-state index in [1.54, 1.807) is 17.5 Å². The normalized spacial score (nSPS) is 15.4. The standard InChI is InChI=1S/C17H20FN3O2S/c18-14-4-2-13(3-5-14)17-20-15(12-24-17)16(22)19-6-1-7-21-8-10-23-11-9-21/h2-5,12H,1,6-11H2,(H,19,22). The Morgan fingerprint density at radius 2 is 2.04 bits per heavy atom. The first-order valence-electron chi connectivity index (χ1n) is 8.02. The van der Waals surface area contributed by atoms with Crippen molar-refractivity contribution >= 4 is 17.2 Å². The first kappa shape index (κ1) is 17.0. The number of hydrogen-bond donors (Lipinski definition) is 1. The summed E-state index contributed by atoms with van der Waals surface area (Å²) in [5.74, 6) is -0.449. The number of nitrogens with zero attached hydrogens (tertiary/aromatic N) is 2. The van der Waals surface area contributed by atoms with E-state index in [4.69, 9.17) is 4.74 Å². The lowest BCUT2D eigenvalue weighted by Crippen LogP contribution is -2.38. The smallest absolute Gasteiger partial charge is 0.270 e. The number of rotatable bonds is 6. The molecular weight excluding hydrogens is 329 g/mol. The van der Waals surface area contributed by atoms with Crippen LogP contribution in [0, 0.1) is 5.82 Å². The Hall–Kier alpha value is -1.83. The third-order valence-electron chi connectivity index (χ3n) is 3.87. The van der Waals surface area contributed by atoms with Crippen LogP contribution < -0.4 is 5.32 Å². The summed E-state index contributed by atoms with van der Waals surface area (Å²) in [5, 5.41) is 5.35. The molecule has 7 heteroatoms. The highest BCUT2D eigenvalue weighted by Gasteiger charge is 2.13. The minimum absolute atomic E-state index is 0.165. The first-order valence-corrected chi connectivity index (χ1v) is 8.90. The van der Waals surface area contributed by atoms with Gasteiger partial charge in [0, 0.05) is 30.6 Å². The maximum atomic E-state index is 13.0. The summed E-state index contributed by atoms with van der Waals surface area (Å²) < 4.78 is 18.3. The lowest BCUT2D eigenvalue weighted by atomic mass is 10.2. The van der Waals surface area contributed by atoms with Crippen LogP contribution in [0.1, 0.15) is 16.9 Å². The van der Waals surface area contributed by atoms with Gasteiger partial charge in [0.2, 0.25) is 0 Å². The molecule has 1 aliphatic heterocycles. The van der Waals surface area contributed by atoms with Crippen molar-refractivity contribution in [1.29, 1.82) is 0 Å². The van der Waals surface area contributed by atoms with Crippen molar-refractivity contribution in [1.82, 2.24) is 15.2 Å². The van der Waals surface area contributed by atoms with E-state index in [9.17, 15) is 9.18 Å². The summed E-state index contributed by atoms with van der Waals surface area (Å²) >= 11 is 1.38. The van der Waals surface area contributed by atoms with Crippen LogP contribution in [0.25, 0.3) is 10.6 Å². The average molecular weight is 349 g/mol. The van der Waals surface area contributed by atoms with Crippen molar-refractivity contribution in [2.45, 2.75) is 6.42 Å². The zero-order chi connectivity index (χ0) is 16.8. The van der Waals surface area contributed by atoms with E-state index >= 15 is 0 Å². The summed E-state index contributed by atoms with van der Waals surface area (Å²) in [4.78, 5) is 18.8. The fourth-order valence-corrected chi connectivity index (χ4v) is 3.33. The Labute approximate surface area is 144 Å². The summed E-state index contributed by atoms with van der Waals surface area (Å²) in [6.45, 7) is 5.08. The summed E-state index contributed by atoms with van der Waals surface area (Å²) in [7, 11) is 0. The highest BCUT2D eigenvalue weighted by Crippen LogP contribution is 2.23. The molecule has 2 heterocycles. The molecule has 0 saturated carbocycles. The predicted molar refractivity (Wildman–Crippen MR) is 91.7 cm³/mol. The van der Waals surface area contributed by atoms with Gasteiger partial charge >= 0.3 is 0 Å². The van der Waals surface area contributed by atoms with E-state index in [1.165, 1.54) is 23.5 Å². The maximum Gasteiger partial charge on any atom is 0.270 e. The fraction of sp³-hybridized carbons (Fsp3) is 0.412. The molecule has 0 spiro atoms. The first-order chi connectivity index (χ1) is 11.7. The number of nitrogens with one attached hydrogen (secondary N) is 1. The van der Waals surface area contributed by atoms with Gasteiger partial charge in [-0.05, 0) is 37.2 Å². The molecule has 0 bridgehead atoms. The van der Waals surface area contributed by atoms with E-state index in [1.807, 2.05) is 0 Å². The third-order valence-corrected chi connectivity index (χ3v) is 4.76. The van der Waals surface area contributed by atoms with Gasteiger partial charge in [0.05, 0.1) is 13.2 Å². The molecule has 5 nitrogen and oxygen atoms in total. The monoisotopic (exact) mass is 349 g/mol. The summed E-state index contributed by atoms with van der Waals surface area (Å²) in [6.07, 6.45) is 0.903. The van der Waals surface area contributed by atoms with Crippen LogP contribution in [0.15, 0.2) is 29.6 Å². The molecule has 0 aliphatic carbocycles. The molecule has 1 aliphatic rings. The van der Waals surface area contributed by atoms with Crippen LogP contribution >= 0.6 is 11.3 Å². The van der Waals surface area contributed by atoms with E-state index in [0.29, 0.717) is 17.2 Å². The molecule has 1 fully saturated rings. The molecule has 1 aromatic heterocycles. The zero-order valence-corrected chi connectivity index (χ0v) is 14.2. The van der Waals surface area contributed by atoms with Gasteiger partial charge in [-0.1, -0.05) is 0 Å². The summed E-state index contributed by atoms with van der Waals surface area (Å²) in [6, 6.07) is 6.11. The second kappa shape index (κ2) is 8.32. The van der Waals surface area contributed by atoms with E-state index in [0.717, 1.165) is 44.8 Å². The number of carbonyl (C=O) groups is 1. The van der Waals surface area contributed by atoms with Crippen molar-refractivity contribution < 1.29 is 13.9 Å². The predicted octanol–water partition coefficient (Wildman–Crippen LogP) is 2.40. The Balaban J connectivity index is 1.46. The van der Waals surface area contributed by atoms with E-state index in [-0.39, 0.29) is 11.7 Å². The molecule has 0 unspecified atom stereocenters. The van der Waals surface area contributed by atoms with Gasteiger partial charge in [-0.25, -0.2) is 9.37 Å². The second-order valence-electron chi connectivity index (χ2n) is 5.61. The minimum atomic E-state index is -0.284. The molecule has 1 N–H and O–H groups in total. The average Bonchev–Trinajstić information content (AvgIpc) is 3.10. The Morgan fingerprint density at radius 1 is 1.29 bits per heavy atom. The molecule has 24 heavy (non-hydrogen) atoms. The molecule has 0 radical (unpaired) electrons. The lowest BCUT2D eigenvalue weighted by Gasteiger charge is -2.26. The lowest BCUT2D eigenvalue weighted by molar-refractivity contribution is 0.0374. The molecule has 1 amide bonds. The topological polar surface area (TPSA) is 54.5 Å². The fourth-order valence-electron chi connectivity index (χ4n) is 2.52. The summed E-state index contributed by atoms with van der Waals surface area (Å²) in [5.41, 5.74) is 1.22. The maximum absolute atomic E-state index is 13.0. The molecule has 1 saturated heterocycles. The van der Waals surface area contributed by atoms with Crippen LogP contribution in [0.5, 0.6) is 0 Å². The van der Waals surface area contributed by atoms with Crippen LogP contribution in [-0.2, 0) is 4.74 Å². The number of morpholine rings is 1. The van der Waals surface area contributed by atoms with Crippen molar-refractivity contribution in [3.8, 4) is 10.6 Å². The number of thiazole rings is 1. The quantitative estimate of drug-likeness (QED) is 0.814. The molecular formula is C17H20FN3O2S. The van der Waals surface area contributed by atoms with Gasteiger partial charge < -0.3 is 10.1 Å². The SMILES string of the molecule is O=C(NCCCN1CCOCC1)c1csc(-c2ccc(F)cc2)n1. The number of benzene rings is 1. The van der Waals surface area contributed by atoms with Gasteiger partial charge in [-0.2, -0.15) is 0 Å². The number of aromatic nitrogens is 1. The molecule has 3 rings (SSSR count). The van der Waals surface area contributed by atoms with Crippen LogP contribution in [-0.4, -0.2) is 55.2 Å². The van der Waals surface area contributed by atoms with Crippen LogP contribution in [0.4, 0.5) is 4.39 Å². The van der Waals surface area contributed by atoms with Crippen molar-refractivity contribution in [3.05, 3.63) is 41.2 Å². The zero-order valence-electron chi connectivity index (χ0n) is 13.3. The number of amides is 1. The van der Waals surface area contributed by atoms with Crippen molar-refractivity contribution in [2.75, 3.05) is 39.4 Å². The Morgan fingerprint density at radius 3 is 2.79 bits per heavy atom. The number of ether oxygens (including phenoxy) is 1. The molecule has 2 aromatic rings. The molecule has 1 aromatic carbocycles. The van der Waals surface area contributed by atoms with E-state index < -0.39 is 0 Å².